The molecule has 0 saturated heterocycles. The summed E-state index contributed by atoms with van der Waals surface area (Å²) < 4.78 is 5.42. The number of carboxylic acid groups (broad SMARTS) is 1. The van der Waals surface area contributed by atoms with Crippen LogP contribution in [0.15, 0.2) is 18.2 Å². The predicted octanol–water partition coefficient (Wildman–Crippen LogP) is 2.50. The number of carbonyl (C=O) groups excluding carboxylic acids is 1. The Morgan fingerprint density at radius 2 is 1.86 bits per heavy atom. The van der Waals surface area contributed by atoms with Crippen molar-refractivity contribution in [2.75, 3.05) is 7.11 Å². The van der Waals surface area contributed by atoms with E-state index in [1.165, 1.54) is 0 Å². The van der Waals surface area contributed by atoms with Crippen LogP contribution in [0.25, 0.3) is 0 Å². The van der Waals surface area contributed by atoms with Gasteiger partial charge in [0.15, 0.2) is 6.04 Å². The Hall–Kier alpha value is -1.88. The number of hydrogen-bond acceptors (Lipinski definition) is 3. The van der Waals surface area contributed by atoms with Gasteiger partial charge < -0.3 is 15.2 Å². The van der Waals surface area contributed by atoms with Crippen molar-refractivity contribution in [1.82, 2.24) is 5.32 Å². The number of hydrogen-bond donors (Lipinski definition) is 2. The number of ether oxygens (including phenoxy) is 1. The van der Waals surface area contributed by atoms with E-state index < -0.39 is 17.6 Å². The third-order valence-electron chi connectivity index (χ3n) is 4.31. The van der Waals surface area contributed by atoms with Crippen molar-refractivity contribution in [3.8, 4) is 0 Å². The molecule has 1 amide bonds. The molecule has 1 aliphatic rings. The van der Waals surface area contributed by atoms with E-state index in [1.54, 1.807) is 19.2 Å². The van der Waals surface area contributed by atoms with E-state index in [1.807, 2.05) is 19.9 Å². The molecule has 0 heterocycles. The second kappa shape index (κ2) is 6.48. The maximum Gasteiger partial charge on any atom is 0.330 e. The van der Waals surface area contributed by atoms with Crippen molar-refractivity contribution in [3.05, 3.63) is 34.9 Å². The summed E-state index contributed by atoms with van der Waals surface area (Å²) in [5.74, 6) is -1.34. The van der Waals surface area contributed by atoms with Gasteiger partial charge in [-0.15, -0.1) is 0 Å². The second-order valence-electron chi connectivity index (χ2n) is 6.18. The molecule has 1 fully saturated rings. The fraction of sp³-hybridized carbons (Fsp3) is 0.529. The summed E-state index contributed by atoms with van der Waals surface area (Å²) in [6.45, 7) is 3.82. The molecule has 0 spiro atoms. The van der Waals surface area contributed by atoms with Gasteiger partial charge >= 0.3 is 5.97 Å². The van der Waals surface area contributed by atoms with E-state index in [0.29, 0.717) is 5.56 Å². The lowest BCUT2D eigenvalue weighted by Crippen LogP contribution is -2.45. The Bertz CT molecular complexity index is 552. The van der Waals surface area contributed by atoms with Gasteiger partial charge in [0.2, 0.25) is 5.91 Å². The normalized spacial score (nSPS) is 17.4. The van der Waals surface area contributed by atoms with Gasteiger partial charge in [0.1, 0.15) is 0 Å². The minimum atomic E-state index is -1.06. The van der Waals surface area contributed by atoms with Crippen LogP contribution in [-0.4, -0.2) is 29.7 Å². The smallest absolute Gasteiger partial charge is 0.330 e. The third-order valence-corrected chi connectivity index (χ3v) is 4.31. The van der Waals surface area contributed by atoms with E-state index in [9.17, 15) is 14.7 Å². The lowest BCUT2D eigenvalue weighted by atomic mass is 9.77. The Kier molecular flexibility index (Phi) is 4.86. The molecule has 1 unspecified atom stereocenters. The number of benzene rings is 1. The van der Waals surface area contributed by atoms with Gasteiger partial charge in [0.05, 0.1) is 12.0 Å². The van der Waals surface area contributed by atoms with Crippen LogP contribution in [-0.2, 0) is 14.3 Å². The monoisotopic (exact) mass is 305 g/mol. The standard InChI is InChI=1S/C17H23NO4/c1-11-7-12(2)9-13(8-11)15(16(20)21)18-14(19)10-17(22-3)5-4-6-17/h7-9,15H,4-6,10H2,1-3H3,(H,18,19)(H,20,21). The van der Waals surface area contributed by atoms with Crippen LogP contribution < -0.4 is 5.32 Å². The number of amides is 1. The van der Waals surface area contributed by atoms with Gasteiger partial charge in [0.25, 0.3) is 0 Å². The maximum atomic E-state index is 12.2. The van der Waals surface area contributed by atoms with E-state index in [4.69, 9.17) is 4.74 Å². The lowest BCUT2D eigenvalue weighted by molar-refractivity contribution is -0.145. The van der Waals surface area contributed by atoms with E-state index in [2.05, 4.69) is 5.32 Å². The molecule has 1 aliphatic carbocycles. The molecule has 0 radical (unpaired) electrons. The molecule has 1 atom stereocenters. The molecule has 0 bridgehead atoms. The number of aliphatic carboxylic acids is 1. The molecule has 1 aromatic rings. The zero-order valence-electron chi connectivity index (χ0n) is 13.3. The van der Waals surface area contributed by atoms with Gasteiger partial charge in [-0.3, -0.25) is 4.79 Å². The van der Waals surface area contributed by atoms with Gasteiger partial charge in [-0.1, -0.05) is 29.3 Å². The molecule has 0 aliphatic heterocycles. The Morgan fingerprint density at radius 3 is 2.27 bits per heavy atom. The number of methoxy groups -OCH3 is 1. The Balaban J connectivity index is 2.11. The molecule has 120 valence electrons. The number of carbonyl (C=O) groups is 2. The molecular formula is C17H23NO4. The quantitative estimate of drug-likeness (QED) is 0.846. The van der Waals surface area contributed by atoms with Crippen LogP contribution in [0, 0.1) is 13.8 Å². The molecule has 5 nitrogen and oxygen atoms in total. The fourth-order valence-electron chi connectivity index (χ4n) is 2.99. The number of aryl methyl sites for hydroxylation is 2. The van der Waals surface area contributed by atoms with Gasteiger partial charge in [-0.05, 0) is 38.7 Å². The van der Waals surface area contributed by atoms with Gasteiger partial charge in [0, 0.05) is 7.11 Å². The van der Waals surface area contributed by atoms with E-state index in [0.717, 1.165) is 30.4 Å². The van der Waals surface area contributed by atoms with Crippen molar-refractivity contribution < 1.29 is 19.4 Å². The summed E-state index contributed by atoms with van der Waals surface area (Å²) in [4.78, 5) is 23.7. The van der Waals surface area contributed by atoms with Crippen molar-refractivity contribution >= 4 is 11.9 Å². The van der Waals surface area contributed by atoms with Crippen molar-refractivity contribution in [3.63, 3.8) is 0 Å². The first-order valence-electron chi connectivity index (χ1n) is 7.51. The first-order chi connectivity index (χ1) is 10.3. The topological polar surface area (TPSA) is 75.6 Å². The summed E-state index contributed by atoms with van der Waals surface area (Å²) >= 11 is 0. The minimum absolute atomic E-state index is 0.206. The number of nitrogens with one attached hydrogen (secondary N) is 1. The summed E-state index contributed by atoms with van der Waals surface area (Å²) in [6, 6.07) is 4.53. The predicted molar refractivity (Wildman–Crippen MR) is 82.6 cm³/mol. The average molecular weight is 305 g/mol. The lowest BCUT2D eigenvalue weighted by Gasteiger charge is -2.40. The van der Waals surface area contributed by atoms with Crippen LogP contribution in [0.2, 0.25) is 0 Å². The van der Waals surface area contributed by atoms with Crippen LogP contribution >= 0.6 is 0 Å². The molecule has 2 N–H and O–H groups in total. The molecule has 1 saturated carbocycles. The molecule has 2 rings (SSSR count). The SMILES string of the molecule is COC1(CC(=O)NC(C(=O)O)c2cc(C)cc(C)c2)CCC1. The third kappa shape index (κ3) is 3.65. The largest absolute Gasteiger partial charge is 0.479 e. The maximum absolute atomic E-state index is 12.2. The Labute approximate surface area is 130 Å². The first-order valence-corrected chi connectivity index (χ1v) is 7.51. The van der Waals surface area contributed by atoms with Crippen LogP contribution in [0.4, 0.5) is 0 Å². The minimum Gasteiger partial charge on any atom is -0.479 e. The van der Waals surface area contributed by atoms with E-state index in [-0.39, 0.29) is 12.3 Å². The van der Waals surface area contributed by atoms with Crippen LogP contribution in [0.3, 0.4) is 0 Å². The second-order valence-corrected chi connectivity index (χ2v) is 6.18. The van der Waals surface area contributed by atoms with Crippen LogP contribution in [0.1, 0.15) is 48.4 Å². The molecule has 22 heavy (non-hydrogen) atoms. The highest BCUT2D eigenvalue weighted by molar-refractivity contribution is 5.85. The molecule has 0 aromatic heterocycles. The van der Waals surface area contributed by atoms with Gasteiger partial charge in [-0.2, -0.15) is 0 Å². The van der Waals surface area contributed by atoms with Gasteiger partial charge in [-0.25, -0.2) is 4.79 Å². The molecule has 1 aromatic carbocycles. The molecular weight excluding hydrogens is 282 g/mol. The number of carboxylic acids is 1. The molecule has 5 heteroatoms. The highest BCUT2D eigenvalue weighted by Gasteiger charge is 2.39. The summed E-state index contributed by atoms with van der Waals surface area (Å²) in [5, 5.41) is 12.1. The van der Waals surface area contributed by atoms with Crippen LogP contribution in [0.5, 0.6) is 0 Å². The fourth-order valence-corrected chi connectivity index (χ4v) is 2.99. The average Bonchev–Trinajstić information content (AvgIpc) is 2.38. The van der Waals surface area contributed by atoms with Crippen molar-refractivity contribution in [2.45, 2.75) is 51.2 Å². The van der Waals surface area contributed by atoms with Crippen molar-refractivity contribution in [2.24, 2.45) is 0 Å². The van der Waals surface area contributed by atoms with E-state index >= 15 is 0 Å². The summed E-state index contributed by atoms with van der Waals surface area (Å²) in [7, 11) is 1.60. The zero-order chi connectivity index (χ0) is 16.3. The zero-order valence-corrected chi connectivity index (χ0v) is 13.3. The Morgan fingerprint density at radius 1 is 1.27 bits per heavy atom. The first kappa shape index (κ1) is 16.5. The summed E-state index contributed by atoms with van der Waals surface area (Å²) in [6.07, 6.45) is 2.94. The highest BCUT2D eigenvalue weighted by atomic mass is 16.5. The highest BCUT2D eigenvalue weighted by Crippen LogP contribution is 2.38. The number of rotatable bonds is 6. The summed E-state index contributed by atoms with van der Waals surface area (Å²) in [5.41, 5.74) is 2.14. The van der Waals surface area contributed by atoms with Crippen molar-refractivity contribution in [1.29, 1.82) is 0 Å².